The van der Waals surface area contributed by atoms with Crippen LogP contribution in [0, 0.1) is 12.7 Å². The van der Waals surface area contributed by atoms with Gasteiger partial charge in [0.25, 0.3) is 12.3 Å². The number of aromatic nitrogens is 2. The van der Waals surface area contributed by atoms with Crippen LogP contribution in [0.3, 0.4) is 0 Å². The normalized spacial score (nSPS) is 19.4. The highest BCUT2D eigenvalue weighted by Crippen LogP contribution is 2.45. The van der Waals surface area contributed by atoms with Gasteiger partial charge >= 0.3 is 0 Å². The van der Waals surface area contributed by atoms with Gasteiger partial charge in [0.05, 0.1) is 36.5 Å². The highest BCUT2D eigenvalue weighted by atomic mass is 19.3. The van der Waals surface area contributed by atoms with E-state index in [1.165, 1.54) is 12.1 Å². The molecule has 2 aromatic rings. The SMILES string of the molecule is C[B]C(Nc1nc(C)nc(CC(=O)NC2(C)CC(F)(F)C2)c1C1OCCO1)c1cccc(C(F)F)c1F. The first-order valence-electron chi connectivity index (χ1n) is 11.8. The van der Waals surface area contributed by atoms with Crippen LogP contribution in [0.5, 0.6) is 0 Å². The van der Waals surface area contributed by atoms with E-state index >= 15 is 0 Å². The molecule has 1 saturated carbocycles. The van der Waals surface area contributed by atoms with E-state index in [0.717, 1.165) is 6.07 Å². The number of carbonyl (C=O) groups is 1. The quantitative estimate of drug-likeness (QED) is 0.368. The highest BCUT2D eigenvalue weighted by molar-refractivity contribution is 6.36. The molecule has 1 aliphatic heterocycles. The van der Waals surface area contributed by atoms with Crippen molar-refractivity contribution >= 4 is 19.0 Å². The standard InChI is InChI=1S/C24H27BF5N4O3/c1-12-31-15(9-16(35)34-23(2)10-24(29,30)11-23)17(22-36-7-8-37-22)21(32-12)33-19(25-3)13-5-4-6-14(18(13)26)20(27)28/h4-6,19-20,22H,7-11H2,1-3H3,(H,34,35)(H,31,32,33). The van der Waals surface area contributed by atoms with Gasteiger partial charge in [0.1, 0.15) is 24.7 Å². The summed E-state index contributed by atoms with van der Waals surface area (Å²) >= 11 is 0. The Morgan fingerprint density at radius 3 is 2.43 bits per heavy atom. The molecule has 0 spiro atoms. The summed E-state index contributed by atoms with van der Waals surface area (Å²) < 4.78 is 79.6. The number of rotatable bonds is 9. The summed E-state index contributed by atoms with van der Waals surface area (Å²) in [4.78, 5) is 21.6. The fourth-order valence-corrected chi connectivity index (χ4v) is 4.83. The minimum atomic E-state index is -2.99. The average molecular weight is 525 g/mol. The number of nitrogens with one attached hydrogen (secondary N) is 2. The van der Waals surface area contributed by atoms with Gasteiger partial charge in [-0.25, -0.2) is 31.9 Å². The number of amides is 1. The molecule has 4 rings (SSSR count). The number of anilines is 1. The number of hydrogen-bond donors (Lipinski definition) is 2. The molecule has 1 amide bonds. The highest BCUT2D eigenvalue weighted by Gasteiger charge is 2.54. The van der Waals surface area contributed by atoms with Crippen molar-refractivity contribution < 1.29 is 36.2 Å². The van der Waals surface area contributed by atoms with Crippen molar-refractivity contribution in [2.24, 2.45) is 0 Å². The second-order valence-corrected chi connectivity index (χ2v) is 9.55. The Hall–Kier alpha value is -2.80. The molecular weight excluding hydrogens is 498 g/mol. The molecule has 13 heteroatoms. The molecule has 2 fully saturated rings. The number of carbonyl (C=O) groups excluding carboxylic acids is 1. The summed E-state index contributed by atoms with van der Waals surface area (Å²) in [7, 11) is 1.58. The van der Waals surface area contributed by atoms with E-state index in [-0.39, 0.29) is 42.5 Å². The van der Waals surface area contributed by atoms with Crippen molar-refractivity contribution in [3.05, 3.63) is 52.2 Å². The fraction of sp³-hybridized carbons (Fsp3) is 0.542. The van der Waals surface area contributed by atoms with Crippen LogP contribution >= 0.6 is 0 Å². The van der Waals surface area contributed by atoms with Crippen molar-refractivity contribution in [2.45, 2.75) is 70.1 Å². The van der Waals surface area contributed by atoms with Crippen LogP contribution in [0.15, 0.2) is 18.2 Å². The fourth-order valence-electron chi connectivity index (χ4n) is 4.83. The third-order valence-electron chi connectivity index (χ3n) is 6.31. The van der Waals surface area contributed by atoms with Crippen LogP contribution in [-0.2, 0) is 20.7 Å². The molecule has 1 aromatic carbocycles. The number of alkyl halides is 4. The Balaban J connectivity index is 1.65. The summed E-state index contributed by atoms with van der Waals surface area (Å²) in [5, 5.41) is 5.70. The second kappa shape index (κ2) is 10.5. The molecule has 2 N–H and O–H groups in total. The van der Waals surface area contributed by atoms with Gasteiger partial charge in [-0.15, -0.1) is 0 Å². The monoisotopic (exact) mass is 525 g/mol. The number of halogens is 5. The molecule has 0 bridgehead atoms. The van der Waals surface area contributed by atoms with E-state index in [1.54, 1.807) is 28.0 Å². The first-order chi connectivity index (χ1) is 17.4. The van der Waals surface area contributed by atoms with Crippen LogP contribution < -0.4 is 10.6 Å². The predicted octanol–water partition coefficient (Wildman–Crippen LogP) is 4.62. The molecule has 1 aromatic heterocycles. The Labute approximate surface area is 211 Å². The first-order valence-corrected chi connectivity index (χ1v) is 11.8. The smallest absolute Gasteiger partial charge is 0.266 e. The molecular formula is C24H27BF5N4O3. The Kier molecular flexibility index (Phi) is 7.75. The zero-order valence-corrected chi connectivity index (χ0v) is 20.6. The molecule has 1 unspecified atom stereocenters. The van der Waals surface area contributed by atoms with Gasteiger partial charge in [0.15, 0.2) is 6.29 Å². The number of nitrogens with zero attached hydrogens (tertiary/aromatic N) is 2. The molecule has 37 heavy (non-hydrogen) atoms. The summed E-state index contributed by atoms with van der Waals surface area (Å²) in [6.07, 6.45) is -5.12. The second-order valence-electron chi connectivity index (χ2n) is 9.55. The van der Waals surface area contributed by atoms with Crippen molar-refractivity contribution in [3.63, 3.8) is 0 Å². The number of ether oxygens (including phenoxy) is 2. The summed E-state index contributed by atoms with van der Waals surface area (Å²) in [6.45, 7) is 5.31. The van der Waals surface area contributed by atoms with Gasteiger partial charge in [0, 0.05) is 29.9 Å². The lowest BCUT2D eigenvalue weighted by Crippen LogP contribution is -2.60. The van der Waals surface area contributed by atoms with E-state index in [1.807, 2.05) is 0 Å². The lowest BCUT2D eigenvalue weighted by Gasteiger charge is -2.45. The first kappa shape index (κ1) is 27.2. The van der Waals surface area contributed by atoms with Crippen molar-refractivity contribution in [3.8, 4) is 0 Å². The molecule has 199 valence electrons. The summed E-state index contributed by atoms with van der Waals surface area (Å²) in [6, 6.07) is 3.75. The van der Waals surface area contributed by atoms with Crippen LogP contribution in [0.2, 0.25) is 6.82 Å². The van der Waals surface area contributed by atoms with E-state index in [4.69, 9.17) is 9.47 Å². The lowest BCUT2D eigenvalue weighted by atomic mass is 9.68. The van der Waals surface area contributed by atoms with E-state index in [9.17, 15) is 26.7 Å². The molecule has 7 nitrogen and oxygen atoms in total. The van der Waals surface area contributed by atoms with Crippen LogP contribution in [0.25, 0.3) is 0 Å². The van der Waals surface area contributed by atoms with Gasteiger partial charge in [0.2, 0.25) is 5.91 Å². The van der Waals surface area contributed by atoms with Gasteiger partial charge in [-0.05, 0) is 13.8 Å². The topological polar surface area (TPSA) is 85.4 Å². The van der Waals surface area contributed by atoms with Crippen LogP contribution in [0.4, 0.5) is 27.8 Å². The Bertz CT molecular complexity index is 1160. The molecule has 1 saturated heterocycles. The molecule has 1 radical (unpaired) electrons. The molecule has 2 aliphatic rings. The molecule has 1 atom stereocenters. The van der Waals surface area contributed by atoms with Crippen LogP contribution in [-0.4, -0.2) is 47.8 Å². The number of hydrogen-bond acceptors (Lipinski definition) is 6. The molecule has 1 aliphatic carbocycles. The number of benzene rings is 1. The van der Waals surface area contributed by atoms with Gasteiger partial charge in [-0.1, -0.05) is 25.0 Å². The zero-order chi connectivity index (χ0) is 27.0. The van der Waals surface area contributed by atoms with E-state index in [0.29, 0.717) is 5.56 Å². The number of aryl methyl sites for hydroxylation is 1. The predicted molar refractivity (Wildman–Crippen MR) is 125 cm³/mol. The minimum absolute atomic E-state index is 0.0195. The largest absolute Gasteiger partial charge is 0.370 e. The maximum Gasteiger partial charge on any atom is 0.266 e. The van der Waals surface area contributed by atoms with E-state index in [2.05, 4.69) is 20.6 Å². The van der Waals surface area contributed by atoms with E-state index < -0.39 is 60.2 Å². The lowest BCUT2D eigenvalue weighted by molar-refractivity contribution is -0.143. The summed E-state index contributed by atoms with van der Waals surface area (Å²) in [5.41, 5.74) is -1.24. The zero-order valence-electron chi connectivity index (χ0n) is 20.6. The summed E-state index contributed by atoms with van der Waals surface area (Å²) in [5.74, 6) is -4.80. The van der Waals surface area contributed by atoms with Crippen molar-refractivity contribution in [2.75, 3.05) is 18.5 Å². The van der Waals surface area contributed by atoms with Gasteiger partial charge < -0.3 is 20.1 Å². The maximum absolute atomic E-state index is 14.9. The third kappa shape index (κ3) is 6.03. The van der Waals surface area contributed by atoms with Crippen LogP contribution in [0.1, 0.15) is 66.6 Å². The molecule has 2 heterocycles. The average Bonchev–Trinajstić information content (AvgIpc) is 3.30. The Morgan fingerprint density at radius 1 is 1.19 bits per heavy atom. The minimum Gasteiger partial charge on any atom is -0.370 e. The van der Waals surface area contributed by atoms with Crippen molar-refractivity contribution in [1.82, 2.24) is 15.3 Å². The third-order valence-corrected chi connectivity index (χ3v) is 6.31. The maximum atomic E-state index is 14.9. The Morgan fingerprint density at radius 2 is 1.84 bits per heavy atom. The van der Waals surface area contributed by atoms with Gasteiger partial charge in [-0.2, -0.15) is 0 Å². The van der Waals surface area contributed by atoms with Crippen molar-refractivity contribution in [1.29, 1.82) is 0 Å². The van der Waals surface area contributed by atoms with Gasteiger partial charge in [-0.3, -0.25) is 4.79 Å².